The minimum absolute atomic E-state index is 0.173. The lowest BCUT2D eigenvalue weighted by molar-refractivity contribution is -0.144. The standard InChI is InChI=1S/C8H10O3/c1-6(10)11-8-3-2-7(4-8)5-9/h4-5,8H,2-3H2,1H3. The summed E-state index contributed by atoms with van der Waals surface area (Å²) in [4.78, 5) is 20.7. The Labute approximate surface area is 65.0 Å². The smallest absolute Gasteiger partial charge is 0.303 e. The molecule has 0 aromatic rings. The van der Waals surface area contributed by atoms with E-state index in [2.05, 4.69) is 0 Å². The zero-order valence-corrected chi connectivity index (χ0v) is 6.37. The number of allylic oxidation sites excluding steroid dienone is 1. The van der Waals surface area contributed by atoms with Crippen molar-refractivity contribution in [1.29, 1.82) is 0 Å². The fraction of sp³-hybridized carbons (Fsp3) is 0.500. The van der Waals surface area contributed by atoms with Gasteiger partial charge in [0.15, 0.2) is 0 Å². The SMILES string of the molecule is CC(=O)OC1C=C(C=O)CC1. The topological polar surface area (TPSA) is 43.4 Å². The van der Waals surface area contributed by atoms with Gasteiger partial charge in [-0.05, 0) is 24.5 Å². The van der Waals surface area contributed by atoms with E-state index in [1.807, 2.05) is 0 Å². The van der Waals surface area contributed by atoms with Gasteiger partial charge in [-0.1, -0.05) is 0 Å². The van der Waals surface area contributed by atoms with Crippen molar-refractivity contribution in [2.45, 2.75) is 25.9 Å². The molecule has 11 heavy (non-hydrogen) atoms. The molecule has 0 bridgehead atoms. The Hall–Kier alpha value is -1.12. The van der Waals surface area contributed by atoms with Gasteiger partial charge in [0.2, 0.25) is 0 Å². The first-order chi connectivity index (χ1) is 5.22. The van der Waals surface area contributed by atoms with Gasteiger partial charge >= 0.3 is 5.97 Å². The highest BCUT2D eigenvalue weighted by Gasteiger charge is 2.16. The highest BCUT2D eigenvalue weighted by Crippen LogP contribution is 2.19. The molecule has 60 valence electrons. The Morgan fingerprint density at radius 1 is 1.82 bits per heavy atom. The van der Waals surface area contributed by atoms with Crippen LogP contribution < -0.4 is 0 Å². The summed E-state index contributed by atoms with van der Waals surface area (Å²) in [6, 6.07) is 0. The molecule has 0 radical (unpaired) electrons. The van der Waals surface area contributed by atoms with Gasteiger partial charge in [0.05, 0.1) is 0 Å². The molecular weight excluding hydrogens is 144 g/mol. The molecule has 0 saturated carbocycles. The Morgan fingerprint density at radius 2 is 2.55 bits per heavy atom. The van der Waals surface area contributed by atoms with E-state index in [-0.39, 0.29) is 12.1 Å². The van der Waals surface area contributed by atoms with Crippen molar-refractivity contribution in [3.63, 3.8) is 0 Å². The highest BCUT2D eigenvalue weighted by molar-refractivity contribution is 5.74. The minimum Gasteiger partial charge on any atom is -0.458 e. The molecule has 1 unspecified atom stereocenters. The summed E-state index contributed by atoms with van der Waals surface area (Å²) in [7, 11) is 0. The first-order valence-corrected chi connectivity index (χ1v) is 3.55. The van der Waals surface area contributed by atoms with Gasteiger partial charge in [0.1, 0.15) is 12.4 Å². The second kappa shape index (κ2) is 3.32. The molecule has 3 heteroatoms. The van der Waals surface area contributed by atoms with E-state index in [1.165, 1.54) is 6.92 Å². The predicted octanol–water partition coefficient (Wildman–Crippen LogP) is 0.837. The quantitative estimate of drug-likeness (QED) is 0.437. The molecule has 0 aliphatic heterocycles. The Balaban J connectivity index is 2.46. The Morgan fingerprint density at radius 3 is 3.00 bits per heavy atom. The van der Waals surface area contributed by atoms with Gasteiger partial charge in [-0.3, -0.25) is 9.59 Å². The molecule has 1 atom stereocenters. The van der Waals surface area contributed by atoms with Gasteiger partial charge in [0, 0.05) is 6.92 Å². The van der Waals surface area contributed by atoms with Crippen molar-refractivity contribution in [2.75, 3.05) is 0 Å². The van der Waals surface area contributed by atoms with Crippen LogP contribution in [-0.4, -0.2) is 18.4 Å². The second-order valence-electron chi connectivity index (χ2n) is 2.55. The van der Waals surface area contributed by atoms with Crippen LogP contribution in [0, 0.1) is 0 Å². The molecule has 0 saturated heterocycles. The normalized spacial score (nSPS) is 22.6. The van der Waals surface area contributed by atoms with Crippen molar-refractivity contribution in [3.8, 4) is 0 Å². The van der Waals surface area contributed by atoms with Crippen LogP contribution in [0.2, 0.25) is 0 Å². The lowest BCUT2D eigenvalue weighted by Gasteiger charge is -2.05. The van der Waals surface area contributed by atoms with E-state index < -0.39 is 0 Å². The molecule has 0 heterocycles. The Kier molecular flexibility index (Phi) is 2.41. The maximum atomic E-state index is 10.5. The first kappa shape index (κ1) is 7.98. The number of hydrogen-bond donors (Lipinski definition) is 0. The van der Waals surface area contributed by atoms with Crippen molar-refractivity contribution in [1.82, 2.24) is 0 Å². The van der Waals surface area contributed by atoms with E-state index >= 15 is 0 Å². The molecule has 0 spiro atoms. The fourth-order valence-electron chi connectivity index (χ4n) is 1.12. The Bertz CT molecular complexity index is 205. The largest absolute Gasteiger partial charge is 0.458 e. The molecular formula is C8H10O3. The molecule has 1 aliphatic rings. The highest BCUT2D eigenvalue weighted by atomic mass is 16.5. The molecule has 0 amide bonds. The van der Waals surface area contributed by atoms with E-state index in [0.29, 0.717) is 0 Å². The number of rotatable bonds is 2. The number of ether oxygens (including phenoxy) is 1. The van der Waals surface area contributed by atoms with E-state index in [0.717, 1.165) is 24.7 Å². The summed E-state index contributed by atoms with van der Waals surface area (Å²) in [6.07, 6.45) is 3.81. The number of hydrogen-bond acceptors (Lipinski definition) is 3. The molecule has 3 nitrogen and oxygen atoms in total. The van der Waals surface area contributed by atoms with Crippen LogP contribution >= 0.6 is 0 Å². The maximum absolute atomic E-state index is 10.5. The van der Waals surface area contributed by atoms with Crippen molar-refractivity contribution < 1.29 is 14.3 Å². The summed E-state index contributed by atoms with van der Waals surface area (Å²) in [5, 5.41) is 0. The summed E-state index contributed by atoms with van der Waals surface area (Å²) in [5.41, 5.74) is 0.733. The van der Waals surface area contributed by atoms with Crippen LogP contribution in [0.5, 0.6) is 0 Å². The van der Waals surface area contributed by atoms with E-state index in [4.69, 9.17) is 4.74 Å². The predicted molar refractivity (Wildman–Crippen MR) is 38.9 cm³/mol. The molecule has 1 rings (SSSR count). The second-order valence-corrected chi connectivity index (χ2v) is 2.55. The molecule has 0 N–H and O–H groups in total. The zero-order valence-electron chi connectivity index (χ0n) is 6.37. The van der Waals surface area contributed by atoms with E-state index in [9.17, 15) is 9.59 Å². The number of carbonyl (C=O) groups excluding carboxylic acids is 2. The van der Waals surface area contributed by atoms with Gasteiger partial charge in [-0.15, -0.1) is 0 Å². The fourth-order valence-corrected chi connectivity index (χ4v) is 1.12. The number of aldehydes is 1. The van der Waals surface area contributed by atoms with Crippen molar-refractivity contribution >= 4 is 12.3 Å². The van der Waals surface area contributed by atoms with Gasteiger partial charge < -0.3 is 4.74 Å². The minimum atomic E-state index is -0.293. The number of esters is 1. The van der Waals surface area contributed by atoms with Crippen molar-refractivity contribution in [2.24, 2.45) is 0 Å². The monoisotopic (exact) mass is 154 g/mol. The molecule has 1 aliphatic carbocycles. The zero-order chi connectivity index (χ0) is 8.27. The molecule has 0 aromatic heterocycles. The van der Waals surface area contributed by atoms with Crippen LogP contribution in [0.15, 0.2) is 11.6 Å². The third kappa shape index (κ3) is 2.18. The van der Waals surface area contributed by atoms with Crippen LogP contribution in [0.4, 0.5) is 0 Å². The van der Waals surface area contributed by atoms with Gasteiger partial charge in [-0.25, -0.2) is 0 Å². The summed E-state index contributed by atoms with van der Waals surface area (Å²) >= 11 is 0. The summed E-state index contributed by atoms with van der Waals surface area (Å²) < 4.78 is 4.87. The summed E-state index contributed by atoms with van der Waals surface area (Å²) in [5.74, 6) is -0.293. The van der Waals surface area contributed by atoms with E-state index in [1.54, 1.807) is 6.08 Å². The van der Waals surface area contributed by atoms with Crippen LogP contribution in [-0.2, 0) is 14.3 Å². The van der Waals surface area contributed by atoms with Gasteiger partial charge in [0.25, 0.3) is 0 Å². The third-order valence-electron chi connectivity index (χ3n) is 1.59. The molecule has 0 aromatic carbocycles. The average molecular weight is 154 g/mol. The van der Waals surface area contributed by atoms with Gasteiger partial charge in [-0.2, -0.15) is 0 Å². The number of carbonyl (C=O) groups is 2. The van der Waals surface area contributed by atoms with Crippen LogP contribution in [0.3, 0.4) is 0 Å². The first-order valence-electron chi connectivity index (χ1n) is 3.55. The van der Waals surface area contributed by atoms with Crippen molar-refractivity contribution in [3.05, 3.63) is 11.6 Å². The molecule has 0 fully saturated rings. The lowest BCUT2D eigenvalue weighted by Crippen LogP contribution is -2.10. The van der Waals surface area contributed by atoms with Crippen LogP contribution in [0.1, 0.15) is 19.8 Å². The summed E-state index contributed by atoms with van der Waals surface area (Å²) in [6.45, 7) is 1.37. The third-order valence-corrected chi connectivity index (χ3v) is 1.59. The average Bonchev–Trinajstić information content (AvgIpc) is 2.34. The maximum Gasteiger partial charge on any atom is 0.303 e. The van der Waals surface area contributed by atoms with Crippen LogP contribution in [0.25, 0.3) is 0 Å². The lowest BCUT2D eigenvalue weighted by atomic mass is 10.3.